The van der Waals surface area contributed by atoms with Crippen LogP contribution in [0.5, 0.6) is 5.88 Å². The van der Waals surface area contributed by atoms with Gasteiger partial charge in [0, 0.05) is 24.2 Å². The SMILES string of the molecule is CCCOc1cc(C)nc(NCC2CCCC2O)n1. The van der Waals surface area contributed by atoms with E-state index in [1.54, 1.807) is 0 Å². The summed E-state index contributed by atoms with van der Waals surface area (Å²) in [5.74, 6) is 1.51. The summed E-state index contributed by atoms with van der Waals surface area (Å²) in [5.41, 5.74) is 0.885. The van der Waals surface area contributed by atoms with Crippen molar-refractivity contribution in [2.75, 3.05) is 18.5 Å². The smallest absolute Gasteiger partial charge is 0.226 e. The minimum atomic E-state index is -0.187. The predicted octanol–water partition coefficient (Wildman–Crippen LogP) is 2.15. The second kappa shape index (κ2) is 6.70. The summed E-state index contributed by atoms with van der Waals surface area (Å²) < 4.78 is 5.53. The van der Waals surface area contributed by atoms with Crippen LogP contribution < -0.4 is 10.1 Å². The van der Waals surface area contributed by atoms with Crippen molar-refractivity contribution in [3.05, 3.63) is 11.8 Å². The van der Waals surface area contributed by atoms with Gasteiger partial charge in [-0.15, -0.1) is 0 Å². The lowest BCUT2D eigenvalue weighted by molar-refractivity contribution is 0.138. The topological polar surface area (TPSA) is 67.3 Å². The van der Waals surface area contributed by atoms with Crippen LogP contribution >= 0.6 is 0 Å². The fourth-order valence-corrected chi connectivity index (χ4v) is 2.38. The van der Waals surface area contributed by atoms with E-state index < -0.39 is 0 Å². The van der Waals surface area contributed by atoms with Crippen LogP contribution in [0.3, 0.4) is 0 Å². The van der Waals surface area contributed by atoms with E-state index in [-0.39, 0.29) is 6.10 Å². The molecule has 2 N–H and O–H groups in total. The first-order valence-electron chi connectivity index (χ1n) is 7.09. The van der Waals surface area contributed by atoms with Crippen molar-refractivity contribution < 1.29 is 9.84 Å². The highest BCUT2D eigenvalue weighted by atomic mass is 16.5. The highest BCUT2D eigenvalue weighted by Crippen LogP contribution is 2.25. The monoisotopic (exact) mass is 265 g/mol. The lowest BCUT2D eigenvalue weighted by atomic mass is 10.1. The van der Waals surface area contributed by atoms with E-state index >= 15 is 0 Å². The second-order valence-corrected chi connectivity index (χ2v) is 5.16. The molecule has 0 amide bonds. The molecule has 0 saturated heterocycles. The Balaban J connectivity index is 1.93. The first-order valence-corrected chi connectivity index (χ1v) is 7.09. The number of nitrogens with zero attached hydrogens (tertiary/aromatic N) is 2. The zero-order chi connectivity index (χ0) is 13.7. The second-order valence-electron chi connectivity index (χ2n) is 5.16. The summed E-state index contributed by atoms with van der Waals surface area (Å²) in [5, 5.41) is 13.0. The third-order valence-electron chi connectivity index (χ3n) is 3.43. The van der Waals surface area contributed by atoms with Crippen LogP contribution in [-0.2, 0) is 0 Å². The normalized spacial score (nSPS) is 22.5. The average Bonchev–Trinajstić information content (AvgIpc) is 2.79. The average molecular weight is 265 g/mol. The van der Waals surface area contributed by atoms with Gasteiger partial charge in [0.2, 0.25) is 11.8 Å². The van der Waals surface area contributed by atoms with Crippen molar-refractivity contribution in [3.8, 4) is 5.88 Å². The van der Waals surface area contributed by atoms with Gasteiger partial charge in [-0.1, -0.05) is 13.3 Å². The molecular formula is C14H23N3O2. The maximum Gasteiger partial charge on any atom is 0.226 e. The molecule has 19 heavy (non-hydrogen) atoms. The van der Waals surface area contributed by atoms with E-state index in [1.807, 2.05) is 13.0 Å². The standard InChI is InChI=1S/C14H23N3O2/c1-3-7-19-13-8-10(2)16-14(17-13)15-9-11-5-4-6-12(11)18/h8,11-12,18H,3-7,9H2,1-2H3,(H,15,16,17). The summed E-state index contributed by atoms with van der Waals surface area (Å²) in [6.07, 6.45) is 3.85. The van der Waals surface area contributed by atoms with Crippen molar-refractivity contribution in [1.82, 2.24) is 9.97 Å². The molecule has 0 bridgehead atoms. The molecule has 0 radical (unpaired) electrons. The fraction of sp³-hybridized carbons (Fsp3) is 0.714. The quantitative estimate of drug-likeness (QED) is 0.825. The van der Waals surface area contributed by atoms with E-state index in [1.165, 1.54) is 0 Å². The van der Waals surface area contributed by atoms with Crippen molar-refractivity contribution in [2.24, 2.45) is 5.92 Å². The Labute approximate surface area is 114 Å². The van der Waals surface area contributed by atoms with Crippen molar-refractivity contribution in [1.29, 1.82) is 0 Å². The van der Waals surface area contributed by atoms with Crippen molar-refractivity contribution in [2.45, 2.75) is 45.6 Å². The van der Waals surface area contributed by atoms with Gasteiger partial charge in [-0.3, -0.25) is 0 Å². The Bertz CT molecular complexity index is 412. The predicted molar refractivity (Wildman–Crippen MR) is 74.4 cm³/mol. The summed E-state index contributed by atoms with van der Waals surface area (Å²) in [6.45, 7) is 5.37. The molecule has 2 unspecified atom stereocenters. The molecule has 0 aromatic carbocycles. The number of aryl methyl sites for hydroxylation is 1. The molecular weight excluding hydrogens is 242 g/mol. The van der Waals surface area contributed by atoms with Gasteiger partial charge in [0.25, 0.3) is 0 Å². The first kappa shape index (κ1) is 14.1. The van der Waals surface area contributed by atoms with E-state index in [0.29, 0.717) is 24.4 Å². The molecule has 1 fully saturated rings. The molecule has 1 saturated carbocycles. The number of hydrogen-bond donors (Lipinski definition) is 2. The molecule has 1 aromatic heterocycles. The van der Waals surface area contributed by atoms with Gasteiger partial charge in [-0.2, -0.15) is 4.98 Å². The van der Waals surface area contributed by atoms with Crippen molar-refractivity contribution >= 4 is 5.95 Å². The number of ether oxygens (including phenoxy) is 1. The molecule has 2 rings (SSSR count). The number of rotatable bonds is 6. The summed E-state index contributed by atoms with van der Waals surface area (Å²) >= 11 is 0. The largest absolute Gasteiger partial charge is 0.478 e. The summed E-state index contributed by atoms with van der Waals surface area (Å²) in [4.78, 5) is 8.68. The van der Waals surface area contributed by atoms with Crippen molar-refractivity contribution in [3.63, 3.8) is 0 Å². The Hall–Kier alpha value is -1.36. The van der Waals surface area contributed by atoms with Gasteiger partial charge in [-0.05, 0) is 26.2 Å². The van der Waals surface area contributed by atoms with Crippen LogP contribution in [0.2, 0.25) is 0 Å². The molecule has 1 aliphatic carbocycles. The summed E-state index contributed by atoms with van der Waals surface area (Å²) in [6, 6.07) is 1.84. The van der Waals surface area contributed by atoms with Crippen LogP contribution in [0.25, 0.3) is 0 Å². The van der Waals surface area contributed by atoms with Gasteiger partial charge < -0.3 is 15.2 Å². The van der Waals surface area contributed by atoms with Gasteiger partial charge in [0.1, 0.15) is 0 Å². The Morgan fingerprint density at radius 3 is 2.95 bits per heavy atom. The molecule has 1 aliphatic rings. The molecule has 0 spiro atoms. The van der Waals surface area contributed by atoms with Gasteiger partial charge in [0.15, 0.2) is 0 Å². The minimum absolute atomic E-state index is 0.187. The third kappa shape index (κ3) is 4.06. The van der Waals surface area contributed by atoms with Crippen LogP contribution in [-0.4, -0.2) is 34.3 Å². The van der Waals surface area contributed by atoms with Crippen LogP contribution in [0.4, 0.5) is 5.95 Å². The van der Waals surface area contributed by atoms with Gasteiger partial charge >= 0.3 is 0 Å². The van der Waals surface area contributed by atoms with E-state index in [0.717, 1.165) is 37.9 Å². The molecule has 2 atom stereocenters. The van der Waals surface area contributed by atoms with Crippen LogP contribution in [0, 0.1) is 12.8 Å². The number of hydrogen-bond acceptors (Lipinski definition) is 5. The maximum absolute atomic E-state index is 9.79. The molecule has 5 heteroatoms. The maximum atomic E-state index is 9.79. The van der Waals surface area contributed by atoms with E-state index in [2.05, 4.69) is 22.2 Å². The first-order chi connectivity index (χ1) is 9.19. The Morgan fingerprint density at radius 2 is 2.26 bits per heavy atom. The zero-order valence-electron chi connectivity index (χ0n) is 11.7. The highest BCUT2D eigenvalue weighted by Gasteiger charge is 2.24. The number of aromatic nitrogens is 2. The third-order valence-corrected chi connectivity index (χ3v) is 3.43. The number of aliphatic hydroxyl groups is 1. The zero-order valence-corrected chi connectivity index (χ0v) is 11.7. The fourth-order valence-electron chi connectivity index (χ4n) is 2.38. The van der Waals surface area contributed by atoms with Crippen LogP contribution in [0.1, 0.15) is 38.3 Å². The minimum Gasteiger partial charge on any atom is -0.478 e. The van der Waals surface area contributed by atoms with Crippen LogP contribution in [0.15, 0.2) is 6.07 Å². The van der Waals surface area contributed by atoms with E-state index in [4.69, 9.17) is 4.74 Å². The number of nitrogens with one attached hydrogen (secondary N) is 1. The van der Waals surface area contributed by atoms with E-state index in [9.17, 15) is 5.11 Å². The molecule has 1 aromatic rings. The molecule has 5 nitrogen and oxygen atoms in total. The number of aliphatic hydroxyl groups excluding tert-OH is 1. The highest BCUT2D eigenvalue weighted by molar-refractivity contribution is 5.30. The lowest BCUT2D eigenvalue weighted by Gasteiger charge is -2.15. The molecule has 0 aliphatic heterocycles. The van der Waals surface area contributed by atoms with Gasteiger partial charge in [0.05, 0.1) is 12.7 Å². The number of anilines is 1. The molecule has 1 heterocycles. The lowest BCUT2D eigenvalue weighted by Crippen LogP contribution is -2.22. The molecule has 106 valence electrons. The Kier molecular flexibility index (Phi) is 4.96. The Morgan fingerprint density at radius 1 is 1.42 bits per heavy atom. The van der Waals surface area contributed by atoms with Gasteiger partial charge in [-0.25, -0.2) is 4.98 Å². The summed E-state index contributed by atoms with van der Waals surface area (Å²) in [7, 11) is 0.